The molecule has 0 saturated carbocycles. The number of carbonyl (C=O) groups is 1. The molecule has 0 atom stereocenters. The Morgan fingerprint density at radius 2 is 1.75 bits per heavy atom. The molecule has 4 nitrogen and oxygen atoms in total. The second-order valence-corrected chi connectivity index (χ2v) is 7.71. The van der Waals surface area contributed by atoms with Crippen LogP contribution >= 0.6 is 23.2 Å². The van der Waals surface area contributed by atoms with Gasteiger partial charge in [-0.05, 0) is 50.9 Å². The lowest BCUT2D eigenvalue weighted by Crippen LogP contribution is -2.41. The van der Waals surface area contributed by atoms with E-state index in [0.29, 0.717) is 16.6 Å². The molecule has 2 rings (SSSR count). The molecule has 130 valence electrons. The number of carbonyl (C=O) groups excluding carboxylic acids is 1. The molecule has 1 aromatic carbocycles. The number of hydrogen-bond donors (Lipinski definition) is 1. The van der Waals surface area contributed by atoms with E-state index in [0.717, 1.165) is 11.0 Å². The van der Waals surface area contributed by atoms with Crippen LogP contribution in [-0.2, 0) is 14.1 Å². The normalized spacial score (nSPS) is 19.5. The Balaban J connectivity index is 2.33. The molecule has 0 unspecified atom stereocenters. The van der Waals surface area contributed by atoms with Gasteiger partial charge in [-0.3, -0.25) is 4.79 Å². The number of nitrogens with one attached hydrogen (secondary N) is 1. The molecule has 1 N–H and O–H groups in total. The maximum absolute atomic E-state index is 11.3. The minimum Gasteiger partial charge on any atom is -0.400 e. The van der Waals surface area contributed by atoms with E-state index in [2.05, 4.69) is 5.32 Å². The summed E-state index contributed by atoms with van der Waals surface area (Å²) >= 11 is 12.0. The van der Waals surface area contributed by atoms with E-state index < -0.39 is 18.3 Å². The van der Waals surface area contributed by atoms with Crippen LogP contribution < -0.4 is 5.32 Å². The van der Waals surface area contributed by atoms with Gasteiger partial charge in [0, 0.05) is 13.5 Å². The summed E-state index contributed by atoms with van der Waals surface area (Å²) in [4.78, 5) is 11.3. The Morgan fingerprint density at radius 3 is 2.25 bits per heavy atom. The maximum Gasteiger partial charge on any atom is 0.492 e. The molecule has 0 aromatic heterocycles. The number of halogens is 2. The highest BCUT2D eigenvalue weighted by Gasteiger charge is 2.52. The van der Waals surface area contributed by atoms with E-state index >= 15 is 0 Å². The molecule has 0 spiro atoms. The highest BCUT2D eigenvalue weighted by Crippen LogP contribution is 2.38. The summed E-state index contributed by atoms with van der Waals surface area (Å²) in [7, 11) is -0.545. The third-order valence-corrected chi connectivity index (χ3v) is 5.13. The minimum absolute atomic E-state index is 0.119. The number of hydrogen-bond acceptors (Lipinski definition) is 3. The number of rotatable bonds is 4. The van der Waals surface area contributed by atoms with Gasteiger partial charge in [0.15, 0.2) is 0 Å². The van der Waals surface area contributed by atoms with E-state index in [4.69, 9.17) is 32.5 Å². The first-order valence-corrected chi connectivity index (χ1v) is 8.53. The van der Waals surface area contributed by atoms with Crippen molar-refractivity contribution in [1.29, 1.82) is 0 Å². The highest BCUT2D eigenvalue weighted by molar-refractivity contribution is 6.56. The zero-order valence-corrected chi connectivity index (χ0v) is 16.1. The summed E-state index contributed by atoms with van der Waals surface area (Å²) in [6, 6.07) is 5.35. The lowest BCUT2D eigenvalue weighted by Gasteiger charge is -2.32. The molecule has 0 bridgehead atoms. The summed E-state index contributed by atoms with van der Waals surface area (Å²) in [5.74, 6) is -0.119. The van der Waals surface area contributed by atoms with Gasteiger partial charge in [0.25, 0.3) is 0 Å². The van der Waals surface area contributed by atoms with Gasteiger partial charge in [-0.1, -0.05) is 35.3 Å². The minimum atomic E-state index is -0.545. The van der Waals surface area contributed by atoms with Gasteiger partial charge >= 0.3 is 7.12 Å². The maximum atomic E-state index is 11.3. The Hall–Kier alpha value is -1.01. The Kier molecular flexibility index (Phi) is 5.70. The quantitative estimate of drug-likeness (QED) is 0.811. The van der Waals surface area contributed by atoms with Gasteiger partial charge in [-0.2, -0.15) is 0 Å². The summed E-state index contributed by atoms with van der Waals surface area (Å²) in [6.07, 6.45) is 1.90. The summed E-state index contributed by atoms with van der Waals surface area (Å²) < 4.78 is 12.2. The standard InChI is InChI=1S/C17H22BCl2NO3/c1-11(22)21-10-13(8-12-6-7-14(19)15(20)9-12)18-23-16(2,3)17(4,5)24-18/h6-9H,10H2,1-5H3,(H,21,22). The predicted octanol–water partition coefficient (Wildman–Crippen LogP) is 4.14. The van der Waals surface area contributed by atoms with Crippen molar-refractivity contribution in [1.82, 2.24) is 5.32 Å². The van der Waals surface area contributed by atoms with Crippen molar-refractivity contribution >= 4 is 42.3 Å². The Morgan fingerprint density at radius 1 is 1.17 bits per heavy atom. The molecule has 1 fully saturated rings. The number of amides is 1. The fourth-order valence-corrected chi connectivity index (χ4v) is 2.55. The Labute approximate surface area is 153 Å². The van der Waals surface area contributed by atoms with Crippen LogP contribution in [0.2, 0.25) is 10.0 Å². The molecule has 1 aliphatic heterocycles. The lowest BCUT2D eigenvalue weighted by atomic mass is 9.77. The summed E-state index contributed by atoms with van der Waals surface area (Å²) in [6.45, 7) is 9.75. The van der Waals surface area contributed by atoms with Crippen molar-refractivity contribution in [3.05, 3.63) is 39.3 Å². The molecule has 1 aromatic rings. The van der Waals surface area contributed by atoms with Crippen molar-refractivity contribution in [3.8, 4) is 0 Å². The van der Waals surface area contributed by atoms with E-state index in [1.807, 2.05) is 39.8 Å². The molecule has 24 heavy (non-hydrogen) atoms. The van der Waals surface area contributed by atoms with Crippen LogP contribution in [0.15, 0.2) is 23.7 Å². The molecule has 1 aliphatic rings. The van der Waals surface area contributed by atoms with Crippen molar-refractivity contribution in [2.45, 2.75) is 45.8 Å². The first-order chi connectivity index (χ1) is 11.0. The second kappa shape index (κ2) is 7.08. The van der Waals surface area contributed by atoms with Crippen molar-refractivity contribution in [2.24, 2.45) is 0 Å². The van der Waals surface area contributed by atoms with Crippen molar-refractivity contribution < 1.29 is 14.1 Å². The van der Waals surface area contributed by atoms with E-state index in [1.165, 1.54) is 6.92 Å². The smallest absolute Gasteiger partial charge is 0.400 e. The first-order valence-electron chi connectivity index (χ1n) is 7.77. The molecule has 1 saturated heterocycles. The van der Waals surface area contributed by atoms with Gasteiger partial charge in [-0.25, -0.2) is 0 Å². The summed E-state index contributed by atoms with van der Waals surface area (Å²) in [5, 5.41) is 3.76. The van der Waals surface area contributed by atoms with Crippen LogP contribution in [0.4, 0.5) is 0 Å². The lowest BCUT2D eigenvalue weighted by molar-refractivity contribution is -0.118. The van der Waals surface area contributed by atoms with Crippen molar-refractivity contribution in [2.75, 3.05) is 6.54 Å². The molecular weight excluding hydrogens is 348 g/mol. The average Bonchev–Trinajstić information content (AvgIpc) is 2.67. The predicted molar refractivity (Wildman–Crippen MR) is 99.2 cm³/mol. The monoisotopic (exact) mass is 369 g/mol. The highest BCUT2D eigenvalue weighted by atomic mass is 35.5. The Bertz CT molecular complexity index is 658. The third kappa shape index (κ3) is 4.34. The van der Waals surface area contributed by atoms with Crippen LogP contribution in [0, 0.1) is 0 Å². The largest absolute Gasteiger partial charge is 0.492 e. The molecule has 0 radical (unpaired) electrons. The van der Waals surface area contributed by atoms with Gasteiger partial charge in [0.05, 0.1) is 21.2 Å². The fourth-order valence-electron chi connectivity index (χ4n) is 2.24. The molecule has 7 heteroatoms. The van der Waals surface area contributed by atoms with Crippen LogP contribution in [0.5, 0.6) is 0 Å². The van der Waals surface area contributed by atoms with Crippen LogP contribution in [0.25, 0.3) is 6.08 Å². The third-order valence-electron chi connectivity index (χ3n) is 4.39. The SMILES string of the molecule is CC(=O)NCC(=Cc1ccc(Cl)c(Cl)c1)B1OC(C)(C)C(C)(C)O1. The van der Waals surface area contributed by atoms with Gasteiger partial charge < -0.3 is 14.6 Å². The fraction of sp³-hybridized carbons (Fsp3) is 0.471. The molecule has 0 aliphatic carbocycles. The van der Waals surface area contributed by atoms with Gasteiger partial charge in [-0.15, -0.1) is 0 Å². The van der Waals surface area contributed by atoms with Crippen molar-refractivity contribution in [3.63, 3.8) is 0 Å². The van der Waals surface area contributed by atoms with Gasteiger partial charge in [0.1, 0.15) is 0 Å². The van der Waals surface area contributed by atoms with Gasteiger partial charge in [0.2, 0.25) is 5.91 Å². The van der Waals surface area contributed by atoms with E-state index in [-0.39, 0.29) is 5.91 Å². The van der Waals surface area contributed by atoms with Crippen LogP contribution in [0.1, 0.15) is 40.2 Å². The molecular formula is C17H22BCl2NO3. The van der Waals surface area contributed by atoms with Crippen LogP contribution in [-0.4, -0.2) is 30.8 Å². The molecule has 1 amide bonds. The second-order valence-electron chi connectivity index (χ2n) is 6.89. The average molecular weight is 370 g/mol. The topological polar surface area (TPSA) is 47.6 Å². The van der Waals surface area contributed by atoms with E-state index in [9.17, 15) is 4.79 Å². The van der Waals surface area contributed by atoms with E-state index in [1.54, 1.807) is 12.1 Å². The van der Waals surface area contributed by atoms with Crippen LogP contribution in [0.3, 0.4) is 0 Å². The first kappa shape index (κ1) is 19.3. The summed E-state index contributed by atoms with van der Waals surface area (Å²) in [5.41, 5.74) is 0.761. The number of benzene rings is 1. The molecule has 1 heterocycles. The zero-order chi connectivity index (χ0) is 18.1. The zero-order valence-electron chi connectivity index (χ0n) is 14.6.